The van der Waals surface area contributed by atoms with E-state index in [0.717, 1.165) is 15.9 Å². The summed E-state index contributed by atoms with van der Waals surface area (Å²) in [5.41, 5.74) is 2.02. The van der Waals surface area contributed by atoms with Crippen LogP contribution >= 0.6 is 15.9 Å². The minimum Gasteiger partial charge on any atom is -0.381 e. The zero-order valence-corrected chi connectivity index (χ0v) is 12.0. The maximum Gasteiger partial charge on any atom is 0.150 e. The molecule has 1 aliphatic rings. The van der Waals surface area contributed by atoms with E-state index in [2.05, 4.69) is 26.2 Å². The number of sulfone groups is 1. The second kappa shape index (κ2) is 4.94. The Balaban J connectivity index is 2.00. The van der Waals surface area contributed by atoms with Crippen LogP contribution in [0.25, 0.3) is 0 Å². The molecule has 0 unspecified atom stereocenters. The number of hydrogen-bond donors (Lipinski definition) is 1. The number of pyridine rings is 1. The molecule has 17 heavy (non-hydrogen) atoms. The summed E-state index contributed by atoms with van der Waals surface area (Å²) in [6.07, 6.45) is 3.12. The van der Waals surface area contributed by atoms with Crippen molar-refractivity contribution in [1.82, 2.24) is 4.98 Å². The molecule has 1 saturated heterocycles. The fourth-order valence-electron chi connectivity index (χ4n) is 1.91. The van der Waals surface area contributed by atoms with Crippen LogP contribution in [0.5, 0.6) is 0 Å². The molecule has 2 heterocycles. The van der Waals surface area contributed by atoms with Crippen molar-refractivity contribution < 1.29 is 8.42 Å². The molecule has 0 amide bonds. The summed E-state index contributed by atoms with van der Waals surface area (Å²) in [7, 11) is -2.79. The zero-order valence-electron chi connectivity index (χ0n) is 9.61. The first kappa shape index (κ1) is 12.8. The van der Waals surface area contributed by atoms with Gasteiger partial charge in [-0.2, -0.15) is 0 Å². The van der Waals surface area contributed by atoms with Crippen LogP contribution in [0.2, 0.25) is 0 Å². The molecule has 0 saturated carbocycles. The smallest absolute Gasteiger partial charge is 0.150 e. The Labute approximate surface area is 110 Å². The van der Waals surface area contributed by atoms with E-state index in [1.807, 2.05) is 13.0 Å². The highest BCUT2D eigenvalue weighted by Crippen LogP contribution is 2.20. The molecule has 0 radical (unpaired) electrons. The third-order valence-electron chi connectivity index (χ3n) is 2.94. The van der Waals surface area contributed by atoms with E-state index in [-0.39, 0.29) is 17.5 Å². The first-order chi connectivity index (χ1) is 7.96. The van der Waals surface area contributed by atoms with Crippen LogP contribution in [0.1, 0.15) is 18.4 Å². The molecule has 1 aromatic heterocycles. The molecule has 1 N–H and O–H groups in total. The van der Waals surface area contributed by atoms with E-state index in [1.54, 1.807) is 6.20 Å². The summed E-state index contributed by atoms with van der Waals surface area (Å²) in [6.45, 7) is 1.98. The van der Waals surface area contributed by atoms with Gasteiger partial charge in [0, 0.05) is 6.04 Å². The number of nitrogens with zero attached hydrogens (tertiary/aromatic N) is 1. The van der Waals surface area contributed by atoms with Gasteiger partial charge in [0.2, 0.25) is 0 Å². The van der Waals surface area contributed by atoms with E-state index >= 15 is 0 Å². The van der Waals surface area contributed by atoms with E-state index in [1.165, 1.54) is 0 Å². The van der Waals surface area contributed by atoms with Crippen LogP contribution < -0.4 is 5.32 Å². The fourth-order valence-corrected chi connectivity index (χ4v) is 3.62. The van der Waals surface area contributed by atoms with Crippen molar-refractivity contribution in [2.24, 2.45) is 0 Å². The molecule has 0 atom stereocenters. The van der Waals surface area contributed by atoms with Gasteiger partial charge in [0.25, 0.3) is 0 Å². The average molecular weight is 319 g/mol. The Morgan fingerprint density at radius 2 is 2.06 bits per heavy atom. The quantitative estimate of drug-likeness (QED) is 0.849. The highest BCUT2D eigenvalue weighted by Gasteiger charge is 2.23. The Bertz CT molecular complexity index is 502. The predicted molar refractivity (Wildman–Crippen MR) is 72.0 cm³/mol. The normalized spacial score (nSPS) is 20.1. The molecule has 1 aliphatic heterocycles. The van der Waals surface area contributed by atoms with E-state index in [9.17, 15) is 8.42 Å². The number of halogens is 1. The van der Waals surface area contributed by atoms with Crippen molar-refractivity contribution in [3.05, 3.63) is 22.4 Å². The van der Waals surface area contributed by atoms with E-state index in [4.69, 9.17) is 0 Å². The Morgan fingerprint density at radius 3 is 2.65 bits per heavy atom. The molecular formula is C11H15BrN2O2S. The molecule has 4 nitrogen and oxygen atoms in total. The van der Waals surface area contributed by atoms with Crippen LogP contribution in [-0.4, -0.2) is 30.9 Å². The molecule has 94 valence electrons. The van der Waals surface area contributed by atoms with Gasteiger partial charge in [-0.25, -0.2) is 13.4 Å². The van der Waals surface area contributed by atoms with E-state index < -0.39 is 9.84 Å². The fraction of sp³-hybridized carbons (Fsp3) is 0.545. The van der Waals surface area contributed by atoms with Gasteiger partial charge in [0.05, 0.1) is 23.4 Å². The van der Waals surface area contributed by atoms with Crippen molar-refractivity contribution >= 4 is 31.5 Å². The van der Waals surface area contributed by atoms with Crippen molar-refractivity contribution in [3.63, 3.8) is 0 Å². The minimum atomic E-state index is -2.79. The van der Waals surface area contributed by atoms with Crippen molar-refractivity contribution in [1.29, 1.82) is 0 Å². The highest BCUT2D eigenvalue weighted by molar-refractivity contribution is 9.10. The molecule has 1 aromatic rings. The molecule has 2 rings (SSSR count). The second-order valence-corrected chi connectivity index (χ2v) is 7.46. The van der Waals surface area contributed by atoms with E-state index in [0.29, 0.717) is 12.8 Å². The summed E-state index contributed by atoms with van der Waals surface area (Å²) >= 11 is 3.35. The lowest BCUT2D eigenvalue weighted by Crippen LogP contribution is -2.32. The van der Waals surface area contributed by atoms with Gasteiger partial charge < -0.3 is 5.32 Å². The van der Waals surface area contributed by atoms with Crippen LogP contribution in [0.3, 0.4) is 0 Å². The monoisotopic (exact) mass is 318 g/mol. The topological polar surface area (TPSA) is 59.1 Å². The highest BCUT2D eigenvalue weighted by atomic mass is 79.9. The number of anilines is 1. The van der Waals surface area contributed by atoms with Gasteiger partial charge in [-0.05, 0) is 47.3 Å². The molecular weight excluding hydrogens is 304 g/mol. The zero-order chi connectivity index (χ0) is 12.5. The van der Waals surface area contributed by atoms with Crippen molar-refractivity contribution in [3.8, 4) is 0 Å². The summed E-state index contributed by atoms with van der Waals surface area (Å²) < 4.78 is 23.4. The number of nitrogens with one attached hydrogen (secondary N) is 1. The summed E-state index contributed by atoms with van der Waals surface area (Å²) in [5.74, 6) is 0.571. The van der Waals surface area contributed by atoms with Gasteiger partial charge in [-0.15, -0.1) is 0 Å². The van der Waals surface area contributed by atoms with Crippen molar-refractivity contribution in [2.75, 3.05) is 16.8 Å². The lowest BCUT2D eigenvalue weighted by molar-refractivity contribution is 0.559. The first-order valence-electron chi connectivity index (χ1n) is 5.55. The number of rotatable bonds is 2. The SMILES string of the molecule is Cc1cc(NC2CCS(=O)(=O)CC2)cnc1Br. The summed E-state index contributed by atoms with van der Waals surface area (Å²) in [4.78, 5) is 4.21. The van der Waals surface area contributed by atoms with Gasteiger partial charge in [-0.3, -0.25) is 0 Å². The summed E-state index contributed by atoms with van der Waals surface area (Å²) in [6, 6.07) is 2.25. The number of aromatic nitrogens is 1. The molecule has 0 aliphatic carbocycles. The maximum atomic E-state index is 11.3. The van der Waals surface area contributed by atoms with Crippen LogP contribution in [0, 0.1) is 6.92 Å². The van der Waals surface area contributed by atoms with Gasteiger partial charge >= 0.3 is 0 Å². The van der Waals surface area contributed by atoms with Gasteiger partial charge in [0.15, 0.2) is 0 Å². The first-order valence-corrected chi connectivity index (χ1v) is 8.17. The predicted octanol–water partition coefficient (Wildman–Crippen LogP) is 2.14. The Morgan fingerprint density at radius 1 is 1.41 bits per heavy atom. The molecule has 0 bridgehead atoms. The standard InChI is InChI=1S/C11H15BrN2O2S/c1-8-6-10(7-13-11(8)12)14-9-2-4-17(15,16)5-3-9/h6-7,9,14H,2-5H2,1H3. The van der Waals surface area contributed by atoms with Crippen LogP contribution in [0.15, 0.2) is 16.9 Å². The molecule has 6 heteroatoms. The lowest BCUT2D eigenvalue weighted by atomic mass is 10.1. The third kappa shape index (κ3) is 3.42. The largest absolute Gasteiger partial charge is 0.381 e. The van der Waals surface area contributed by atoms with Gasteiger partial charge in [-0.1, -0.05) is 0 Å². The summed E-state index contributed by atoms with van der Waals surface area (Å²) in [5, 5.41) is 3.34. The average Bonchev–Trinajstić information content (AvgIpc) is 2.27. The van der Waals surface area contributed by atoms with Crippen molar-refractivity contribution in [2.45, 2.75) is 25.8 Å². The molecule has 1 fully saturated rings. The second-order valence-electron chi connectivity index (χ2n) is 4.40. The maximum absolute atomic E-state index is 11.3. The molecule has 0 aromatic carbocycles. The lowest BCUT2D eigenvalue weighted by Gasteiger charge is -2.24. The third-order valence-corrected chi connectivity index (χ3v) is 5.49. The number of hydrogen-bond acceptors (Lipinski definition) is 4. The van der Waals surface area contributed by atoms with Gasteiger partial charge in [0.1, 0.15) is 14.4 Å². The Hall–Kier alpha value is -0.620. The van der Waals surface area contributed by atoms with Crippen LogP contribution in [-0.2, 0) is 9.84 Å². The van der Waals surface area contributed by atoms with Crippen LogP contribution in [0.4, 0.5) is 5.69 Å². The Kier molecular flexibility index (Phi) is 3.73. The molecule has 0 spiro atoms. The number of aryl methyl sites for hydroxylation is 1. The minimum absolute atomic E-state index is 0.237.